The average molecular weight is 375 g/mol. The lowest BCUT2D eigenvalue weighted by Gasteiger charge is -2.22. The predicted octanol–water partition coefficient (Wildman–Crippen LogP) is 1.22. The minimum atomic E-state index is -1.84. The smallest absolute Gasteiger partial charge is 0.341 e. The first-order valence-corrected chi connectivity index (χ1v) is 8.58. The Morgan fingerprint density at radius 3 is 2.43 bits per heavy atom. The van der Waals surface area contributed by atoms with Gasteiger partial charge in [0, 0.05) is 5.56 Å². The van der Waals surface area contributed by atoms with Crippen LogP contribution in [0.1, 0.15) is 31.8 Å². The molecule has 1 aromatic heterocycles. The molecule has 0 radical (unpaired) electrons. The third-order valence-electron chi connectivity index (χ3n) is 5.00. The Balaban J connectivity index is 1.71. The fraction of sp³-hybridized carbons (Fsp3) is 0.100. The Hall–Kier alpha value is -3.94. The zero-order valence-corrected chi connectivity index (χ0v) is 14.4. The third-order valence-corrected chi connectivity index (χ3v) is 5.00. The number of carbonyl (C=O) groups is 2. The summed E-state index contributed by atoms with van der Waals surface area (Å²) < 4.78 is 6.66. The van der Waals surface area contributed by atoms with Crippen molar-refractivity contribution in [1.82, 2.24) is 9.55 Å². The molecule has 28 heavy (non-hydrogen) atoms. The number of anilines is 1. The van der Waals surface area contributed by atoms with Crippen molar-refractivity contribution in [2.75, 3.05) is 5.32 Å². The summed E-state index contributed by atoms with van der Waals surface area (Å²) in [6.07, 6.45) is 0. The second-order valence-electron chi connectivity index (χ2n) is 6.63. The molecule has 0 fully saturated rings. The number of fused-ring (bicyclic) bond motifs is 3. The molecule has 8 heteroatoms. The highest BCUT2D eigenvalue weighted by atomic mass is 16.6. The van der Waals surface area contributed by atoms with Crippen LogP contribution in [0, 0.1) is 0 Å². The van der Waals surface area contributed by atoms with Gasteiger partial charge in [-0.05, 0) is 11.6 Å². The van der Waals surface area contributed by atoms with Crippen molar-refractivity contribution < 1.29 is 14.3 Å². The van der Waals surface area contributed by atoms with Crippen molar-refractivity contribution in [2.24, 2.45) is 0 Å². The van der Waals surface area contributed by atoms with Crippen LogP contribution in [0.2, 0.25) is 0 Å². The maximum atomic E-state index is 13.2. The fourth-order valence-corrected chi connectivity index (χ4v) is 3.71. The number of hydrogen-bond donors (Lipinski definition) is 2. The summed E-state index contributed by atoms with van der Waals surface area (Å²) in [7, 11) is 0. The molecule has 0 bridgehead atoms. The van der Waals surface area contributed by atoms with Gasteiger partial charge in [0.15, 0.2) is 0 Å². The van der Waals surface area contributed by atoms with Crippen molar-refractivity contribution in [3.63, 3.8) is 0 Å². The van der Waals surface area contributed by atoms with E-state index in [1.165, 1.54) is 4.57 Å². The Labute approximate surface area is 157 Å². The van der Waals surface area contributed by atoms with Gasteiger partial charge in [0.1, 0.15) is 11.4 Å². The molecule has 2 aliphatic heterocycles. The van der Waals surface area contributed by atoms with Crippen molar-refractivity contribution >= 4 is 17.6 Å². The highest BCUT2D eigenvalue weighted by Gasteiger charge is 2.58. The SMILES string of the molecule is O=C1OC2(Nc3c(c(=O)[nH]c(=O)n3Cc3ccccc3)C2=O)c2ccccc21. The second-order valence-corrected chi connectivity index (χ2v) is 6.63. The van der Waals surface area contributed by atoms with Crippen LogP contribution >= 0.6 is 0 Å². The Bertz CT molecular complexity index is 1270. The molecule has 0 saturated carbocycles. The topological polar surface area (TPSA) is 110 Å². The van der Waals surface area contributed by atoms with Gasteiger partial charge in [-0.25, -0.2) is 9.59 Å². The zero-order chi connectivity index (χ0) is 19.5. The van der Waals surface area contributed by atoms with Crippen LogP contribution in [0.3, 0.4) is 0 Å². The van der Waals surface area contributed by atoms with Gasteiger partial charge < -0.3 is 10.1 Å². The highest BCUT2D eigenvalue weighted by Crippen LogP contribution is 2.44. The number of carbonyl (C=O) groups excluding carboxylic acids is 2. The lowest BCUT2D eigenvalue weighted by molar-refractivity contribution is 0.0109. The molecular weight excluding hydrogens is 362 g/mol. The van der Waals surface area contributed by atoms with Gasteiger partial charge in [0.25, 0.3) is 11.3 Å². The standard InChI is InChI=1S/C20H13N3O5/c24-15-14-16(22-20(15)13-9-5-4-8-12(13)18(26)28-20)23(19(27)21-17(14)25)10-11-6-2-1-3-7-11/h1-9,22H,10H2,(H,21,25,27). The molecule has 1 atom stereocenters. The zero-order valence-electron chi connectivity index (χ0n) is 14.4. The van der Waals surface area contributed by atoms with Gasteiger partial charge in [0.2, 0.25) is 5.78 Å². The summed E-state index contributed by atoms with van der Waals surface area (Å²) in [5.74, 6) is -1.34. The summed E-state index contributed by atoms with van der Waals surface area (Å²) in [6.45, 7) is 0.130. The molecule has 5 rings (SSSR count). The largest absolute Gasteiger partial charge is 0.423 e. The quantitative estimate of drug-likeness (QED) is 0.652. The lowest BCUT2D eigenvalue weighted by Crippen LogP contribution is -2.39. The summed E-state index contributed by atoms with van der Waals surface area (Å²) in [6, 6.07) is 15.6. The lowest BCUT2D eigenvalue weighted by atomic mass is 9.96. The molecule has 0 saturated heterocycles. The van der Waals surface area contributed by atoms with Gasteiger partial charge in [-0.1, -0.05) is 48.5 Å². The number of esters is 1. The van der Waals surface area contributed by atoms with Gasteiger partial charge in [0.05, 0.1) is 12.1 Å². The number of ether oxygens (including phenoxy) is 1. The molecular formula is C20H13N3O5. The normalized spacial score (nSPS) is 19.3. The van der Waals surface area contributed by atoms with Gasteiger partial charge in [-0.2, -0.15) is 0 Å². The molecule has 138 valence electrons. The summed E-state index contributed by atoms with van der Waals surface area (Å²) in [4.78, 5) is 52.5. The summed E-state index contributed by atoms with van der Waals surface area (Å²) in [5.41, 5.74) is -2.20. The number of nitrogens with one attached hydrogen (secondary N) is 2. The van der Waals surface area contributed by atoms with Crippen molar-refractivity contribution in [1.29, 1.82) is 0 Å². The van der Waals surface area contributed by atoms with E-state index in [0.29, 0.717) is 5.56 Å². The van der Waals surface area contributed by atoms with Crippen LogP contribution in [0.15, 0.2) is 64.2 Å². The molecule has 2 aromatic carbocycles. The van der Waals surface area contributed by atoms with E-state index in [9.17, 15) is 19.2 Å². The molecule has 0 aliphatic carbocycles. The number of nitrogens with zero attached hydrogens (tertiary/aromatic N) is 1. The number of H-pyrrole nitrogens is 1. The molecule has 1 spiro atoms. The van der Waals surface area contributed by atoms with E-state index in [0.717, 1.165) is 5.56 Å². The minimum absolute atomic E-state index is 0.0344. The predicted molar refractivity (Wildman–Crippen MR) is 98.4 cm³/mol. The summed E-state index contributed by atoms with van der Waals surface area (Å²) in [5, 5.41) is 2.87. The van der Waals surface area contributed by atoms with Crippen LogP contribution < -0.4 is 16.6 Å². The Morgan fingerprint density at radius 1 is 0.929 bits per heavy atom. The average Bonchev–Trinajstić information content (AvgIpc) is 3.15. The third kappa shape index (κ3) is 2.05. The molecule has 3 aromatic rings. The van der Waals surface area contributed by atoms with Gasteiger partial charge in [-0.15, -0.1) is 0 Å². The van der Waals surface area contributed by atoms with Crippen molar-refractivity contribution in [3.05, 3.63) is 97.7 Å². The van der Waals surface area contributed by atoms with E-state index >= 15 is 0 Å². The van der Waals surface area contributed by atoms with Gasteiger partial charge >= 0.3 is 11.7 Å². The summed E-state index contributed by atoms with van der Waals surface area (Å²) >= 11 is 0. The second kappa shape index (κ2) is 5.53. The molecule has 2 aliphatic rings. The first-order valence-electron chi connectivity index (χ1n) is 8.58. The van der Waals surface area contributed by atoms with Crippen LogP contribution in [-0.2, 0) is 17.0 Å². The van der Waals surface area contributed by atoms with Crippen LogP contribution in [-0.4, -0.2) is 21.3 Å². The van der Waals surface area contributed by atoms with Crippen LogP contribution in [0.5, 0.6) is 0 Å². The molecule has 0 amide bonds. The van der Waals surface area contributed by atoms with E-state index < -0.39 is 28.7 Å². The molecule has 3 heterocycles. The number of Topliss-reactive ketones (excluding diaryl/α,β-unsaturated/α-hetero) is 1. The maximum absolute atomic E-state index is 13.2. The number of aromatic amines is 1. The van der Waals surface area contributed by atoms with E-state index in [1.807, 2.05) is 30.3 Å². The number of benzene rings is 2. The molecule has 1 unspecified atom stereocenters. The number of aromatic nitrogens is 2. The molecule has 8 nitrogen and oxygen atoms in total. The van der Waals surface area contributed by atoms with Crippen LogP contribution in [0.4, 0.5) is 5.82 Å². The van der Waals surface area contributed by atoms with E-state index in [-0.39, 0.29) is 23.5 Å². The number of hydrogen-bond acceptors (Lipinski definition) is 6. The maximum Gasteiger partial charge on any atom is 0.341 e. The number of ketones is 1. The Kier molecular flexibility index (Phi) is 3.21. The molecule has 2 N–H and O–H groups in total. The van der Waals surface area contributed by atoms with Crippen molar-refractivity contribution in [2.45, 2.75) is 12.3 Å². The first-order chi connectivity index (χ1) is 13.5. The van der Waals surface area contributed by atoms with Gasteiger partial charge in [-0.3, -0.25) is 19.1 Å². The van der Waals surface area contributed by atoms with E-state index in [2.05, 4.69) is 10.3 Å². The monoisotopic (exact) mass is 375 g/mol. The highest BCUT2D eigenvalue weighted by molar-refractivity contribution is 6.16. The fourth-order valence-electron chi connectivity index (χ4n) is 3.71. The first kappa shape index (κ1) is 16.2. The minimum Gasteiger partial charge on any atom is -0.423 e. The van der Waals surface area contributed by atoms with E-state index in [1.54, 1.807) is 24.3 Å². The number of rotatable bonds is 2. The van der Waals surface area contributed by atoms with Crippen LogP contribution in [0.25, 0.3) is 0 Å². The van der Waals surface area contributed by atoms with Crippen molar-refractivity contribution in [3.8, 4) is 0 Å². The Morgan fingerprint density at radius 2 is 1.64 bits per heavy atom. The van der Waals surface area contributed by atoms with E-state index in [4.69, 9.17) is 4.74 Å².